The lowest BCUT2D eigenvalue weighted by Gasteiger charge is -2.27. The zero-order valence-corrected chi connectivity index (χ0v) is 25.9. The minimum atomic E-state index is -4.32. The van der Waals surface area contributed by atoms with Crippen molar-refractivity contribution in [1.29, 1.82) is 0 Å². The average molecular weight is 707 g/mol. The van der Waals surface area contributed by atoms with E-state index in [1.165, 1.54) is 23.4 Å². The third kappa shape index (κ3) is 5.56. The summed E-state index contributed by atoms with van der Waals surface area (Å²) in [5.74, 6) is -0.131. The quantitative estimate of drug-likeness (QED) is 0.0942. The van der Waals surface area contributed by atoms with Crippen molar-refractivity contribution in [1.82, 2.24) is 39.3 Å². The Labute approximate surface area is 260 Å². The molecule has 0 aliphatic carbocycles. The first-order chi connectivity index (χ1) is 21.3. The van der Waals surface area contributed by atoms with Gasteiger partial charge in [-0.1, -0.05) is 12.2 Å². The van der Waals surface area contributed by atoms with Crippen LogP contribution >= 0.6 is 25.8 Å². The Kier molecular flexibility index (Phi) is 7.76. The largest absolute Gasteiger partial charge is 0.387 e. The molecule has 4 aromatic heterocycles. The minimum Gasteiger partial charge on any atom is -0.387 e. The lowest BCUT2D eigenvalue weighted by atomic mass is 10.1. The number of aromatic amines is 1. The van der Waals surface area contributed by atoms with Gasteiger partial charge in [0.2, 0.25) is 5.95 Å². The summed E-state index contributed by atoms with van der Waals surface area (Å²) in [5.41, 5.74) is 11.4. The van der Waals surface area contributed by atoms with Gasteiger partial charge in [0.1, 0.15) is 53.9 Å². The highest BCUT2D eigenvalue weighted by atomic mass is 32.7. The maximum Gasteiger partial charge on any atom is 0.386 e. The van der Waals surface area contributed by atoms with Crippen molar-refractivity contribution in [3.05, 3.63) is 29.2 Å². The number of fused-ring (bicyclic) bond motifs is 5. The van der Waals surface area contributed by atoms with Crippen LogP contribution in [0.3, 0.4) is 0 Å². The van der Waals surface area contributed by atoms with Crippen LogP contribution in [0.2, 0.25) is 0 Å². The van der Waals surface area contributed by atoms with Gasteiger partial charge >= 0.3 is 13.5 Å². The molecule has 0 aromatic carbocycles. The molecular weight excluding hydrogens is 682 g/mol. The Balaban J connectivity index is 1.21. The molecule has 45 heavy (non-hydrogen) atoms. The smallest absolute Gasteiger partial charge is 0.386 e. The van der Waals surface area contributed by atoms with Crippen molar-refractivity contribution in [2.75, 3.05) is 24.7 Å². The van der Waals surface area contributed by atoms with E-state index in [-0.39, 0.29) is 34.0 Å². The van der Waals surface area contributed by atoms with E-state index < -0.39 is 81.4 Å². The molecule has 3 saturated heterocycles. The highest BCUT2D eigenvalue weighted by molar-refractivity contribution is 8.44. The van der Waals surface area contributed by atoms with Crippen molar-refractivity contribution >= 4 is 71.5 Å². The van der Waals surface area contributed by atoms with Gasteiger partial charge in [0.15, 0.2) is 29.6 Å². The second-order valence-electron chi connectivity index (χ2n) is 10.1. The van der Waals surface area contributed by atoms with Crippen molar-refractivity contribution in [3.8, 4) is 0 Å². The summed E-state index contributed by atoms with van der Waals surface area (Å²) in [6.45, 7) is -9.70. The number of aliphatic hydroxyl groups is 2. The summed E-state index contributed by atoms with van der Waals surface area (Å²) in [6.07, 6.45) is -7.37. The third-order valence-electron chi connectivity index (χ3n) is 7.32. The van der Waals surface area contributed by atoms with Crippen LogP contribution in [-0.2, 0) is 43.9 Å². The topological polar surface area (TPSA) is 292 Å². The SMILES string of the molecule is Nc1nc2c(cnn2[C@@H]2O[C@@H]3COP(=O)(S)OC4[C@@H](COP(O)(=S)OC2[C@H]3O)O[C@@H](n2cnc3c(N)ncnc32)[C@H]4O)c(=O)[nH]1. The van der Waals surface area contributed by atoms with Gasteiger partial charge < -0.3 is 40.6 Å². The van der Waals surface area contributed by atoms with E-state index in [0.717, 1.165) is 4.68 Å². The Morgan fingerprint density at radius 2 is 1.78 bits per heavy atom. The van der Waals surface area contributed by atoms with E-state index >= 15 is 0 Å². The number of hydrogen-bond acceptors (Lipinski definition) is 18. The maximum atomic E-state index is 13.4. The van der Waals surface area contributed by atoms with Crippen LogP contribution < -0.4 is 17.0 Å². The zero-order chi connectivity index (χ0) is 31.8. The van der Waals surface area contributed by atoms with E-state index in [9.17, 15) is 24.5 Å². The number of ether oxygens (including phenoxy) is 2. The Bertz CT molecular complexity index is 1940. The molecule has 4 unspecified atom stereocenters. The minimum absolute atomic E-state index is 0.0265. The fourth-order valence-corrected chi connectivity index (χ4v) is 8.18. The normalized spacial score (nSPS) is 37.7. The number of nitrogens with one attached hydrogen (secondary N) is 1. The number of aromatic nitrogens is 8. The molecule has 0 spiro atoms. The molecule has 242 valence electrons. The van der Waals surface area contributed by atoms with Gasteiger partial charge in [-0.2, -0.15) is 10.1 Å². The first-order valence-corrected chi connectivity index (χ1v) is 18.2. The number of imidazole rings is 1. The van der Waals surface area contributed by atoms with Crippen LogP contribution in [0.25, 0.3) is 22.2 Å². The maximum absolute atomic E-state index is 13.4. The highest BCUT2D eigenvalue weighted by Crippen LogP contribution is 2.58. The third-order valence-corrected chi connectivity index (χ3v) is 10.5. The number of H-pyrrole nitrogens is 1. The van der Waals surface area contributed by atoms with Crippen molar-refractivity contribution in [2.45, 2.75) is 49.1 Å². The lowest BCUT2D eigenvalue weighted by Crippen LogP contribution is -2.36. The summed E-state index contributed by atoms with van der Waals surface area (Å²) in [5, 5.41) is 26.6. The van der Waals surface area contributed by atoms with Gasteiger partial charge in [-0.25, -0.2) is 24.2 Å². The molecule has 4 aromatic rings. The van der Waals surface area contributed by atoms with Crippen LogP contribution in [0, 0.1) is 0 Å². The monoisotopic (exact) mass is 706 g/mol. The van der Waals surface area contributed by atoms with Crippen molar-refractivity contribution in [2.24, 2.45) is 0 Å². The Hall–Kier alpha value is -2.63. The number of nitrogen functional groups attached to an aromatic ring is 2. The average Bonchev–Trinajstić information content (AvgIpc) is 3.72. The number of anilines is 2. The highest BCUT2D eigenvalue weighted by Gasteiger charge is 2.53. The summed E-state index contributed by atoms with van der Waals surface area (Å²) >= 11 is 9.30. The number of aliphatic hydroxyl groups excluding tert-OH is 2. The standard InChI is InChI=1S/C20H24N10O11P2S2/c21-14-9-16(24-4-23-14)29(5-25-9)18-11(32)12-8(39-18)3-37-43(35,45)41-13-10(31)7(2-36-42(34,44)40-12)38-19(13)30-15-6(1-26-30)17(33)28-20(22)27-15/h1,4-5,7-8,10-13,18-19,31-32H,2-3H2,(H,34,44)(H,35,45)(H2,21,23,24)(H3,22,27,28,33)/t7-,8-,10+,11+,12?,13?,18-,19-,42?,43?/m1/s1. The molecule has 7 heterocycles. The lowest BCUT2D eigenvalue weighted by molar-refractivity contribution is -0.0626. The molecule has 3 fully saturated rings. The number of nitrogens with zero attached hydrogens (tertiary/aromatic N) is 7. The predicted octanol–water partition coefficient (Wildman–Crippen LogP) is -1.29. The number of nitrogens with two attached hydrogens (primary N) is 2. The summed E-state index contributed by atoms with van der Waals surface area (Å²) in [6, 6.07) is 0. The van der Waals surface area contributed by atoms with E-state index in [1.807, 2.05) is 0 Å². The fourth-order valence-electron chi connectivity index (χ4n) is 5.28. The molecule has 25 heteroatoms. The van der Waals surface area contributed by atoms with Gasteiger partial charge in [0.25, 0.3) is 5.56 Å². The molecule has 7 rings (SSSR count). The summed E-state index contributed by atoms with van der Waals surface area (Å²) in [4.78, 5) is 42.1. The van der Waals surface area contributed by atoms with Gasteiger partial charge in [0.05, 0.1) is 25.7 Å². The van der Waals surface area contributed by atoms with E-state index in [4.69, 9.17) is 50.8 Å². The molecule has 3 aliphatic heterocycles. The van der Waals surface area contributed by atoms with E-state index in [0.29, 0.717) is 0 Å². The van der Waals surface area contributed by atoms with Crippen LogP contribution in [0.1, 0.15) is 12.5 Å². The van der Waals surface area contributed by atoms with Crippen molar-refractivity contribution < 1.29 is 47.2 Å². The zero-order valence-electron chi connectivity index (χ0n) is 22.4. The Morgan fingerprint density at radius 1 is 1.02 bits per heavy atom. The summed E-state index contributed by atoms with van der Waals surface area (Å²) in [7, 11) is 0. The molecule has 3 aliphatic rings. The van der Waals surface area contributed by atoms with Gasteiger partial charge in [-0.3, -0.25) is 27.9 Å². The van der Waals surface area contributed by atoms with Crippen LogP contribution in [0.5, 0.6) is 0 Å². The number of rotatable bonds is 2. The predicted molar refractivity (Wildman–Crippen MR) is 157 cm³/mol. The van der Waals surface area contributed by atoms with Crippen LogP contribution in [0.4, 0.5) is 11.8 Å². The van der Waals surface area contributed by atoms with E-state index in [2.05, 4.69) is 42.3 Å². The number of thiol groups is 1. The second kappa shape index (κ2) is 11.3. The fraction of sp³-hybridized carbons (Fsp3) is 0.500. The van der Waals surface area contributed by atoms with Gasteiger partial charge in [-0.05, 0) is 11.8 Å². The van der Waals surface area contributed by atoms with Crippen LogP contribution in [-0.4, -0.2) is 104 Å². The molecule has 0 saturated carbocycles. The van der Waals surface area contributed by atoms with Crippen molar-refractivity contribution in [3.63, 3.8) is 0 Å². The second-order valence-corrected chi connectivity index (χ2v) is 15.8. The summed E-state index contributed by atoms with van der Waals surface area (Å²) < 4.78 is 50.2. The first-order valence-electron chi connectivity index (χ1n) is 13.0. The molecule has 10 atom stereocenters. The molecule has 2 bridgehead atoms. The van der Waals surface area contributed by atoms with Gasteiger partial charge in [0, 0.05) is 0 Å². The molecule has 0 amide bonds. The molecule has 0 radical (unpaired) electrons. The van der Waals surface area contributed by atoms with Crippen LogP contribution in [0.15, 0.2) is 23.6 Å². The number of hydrogen-bond donors (Lipinski definition) is 7. The first kappa shape index (κ1) is 31.0. The molecule has 8 N–H and O–H groups in total. The molecule has 21 nitrogen and oxygen atoms in total. The van der Waals surface area contributed by atoms with E-state index in [1.54, 1.807) is 0 Å². The molecular formula is C20H24N10O11P2S2. The van der Waals surface area contributed by atoms with Gasteiger partial charge in [-0.15, -0.1) is 0 Å². The Morgan fingerprint density at radius 3 is 2.58 bits per heavy atom.